The summed E-state index contributed by atoms with van der Waals surface area (Å²) in [6.45, 7) is 2.42. The second-order valence-corrected chi connectivity index (χ2v) is 5.20. The van der Waals surface area contributed by atoms with Crippen molar-refractivity contribution in [1.29, 1.82) is 0 Å². The summed E-state index contributed by atoms with van der Waals surface area (Å²) in [4.78, 5) is 2.14. The number of halogens is 1. The highest BCUT2D eigenvalue weighted by Gasteiger charge is 2.28. The van der Waals surface area contributed by atoms with Crippen LogP contribution in [-0.4, -0.2) is 29.4 Å². The molecule has 1 aliphatic rings. The molecule has 1 aromatic rings. The molecule has 1 aliphatic carbocycles. The minimum absolute atomic E-state index is 0.128. The first-order valence-electron chi connectivity index (χ1n) is 6.99. The lowest BCUT2D eigenvalue weighted by Gasteiger charge is -2.40. The number of hydrogen-bond donors (Lipinski definition) is 2. The van der Waals surface area contributed by atoms with Gasteiger partial charge >= 0.3 is 0 Å². The van der Waals surface area contributed by atoms with Gasteiger partial charge in [0.2, 0.25) is 0 Å². The average Bonchev–Trinajstić information content (AvgIpc) is 2.31. The summed E-state index contributed by atoms with van der Waals surface area (Å²) in [6.07, 6.45) is 3.22. The maximum Gasteiger partial charge on any atom is 0.131 e. The zero-order valence-electron chi connectivity index (χ0n) is 11.3. The Morgan fingerprint density at radius 2 is 2.16 bits per heavy atom. The first-order valence-corrected chi connectivity index (χ1v) is 6.99. The molecular weight excluding hydrogens is 245 g/mol. The van der Waals surface area contributed by atoms with Crippen molar-refractivity contribution in [1.82, 2.24) is 0 Å². The Labute approximate surface area is 113 Å². The topological polar surface area (TPSA) is 43.7 Å². The van der Waals surface area contributed by atoms with Crippen LogP contribution in [-0.2, 0) is 0 Å². The molecule has 0 heterocycles. The molecule has 1 unspecified atom stereocenters. The van der Waals surface area contributed by atoms with E-state index in [1.54, 1.807) is 13.0 Å². The van der Waals surface area contributed by atoms with Crippen molar-refractivity contribution in [3.63, 3.8) is 0 Å². The van der Waals surface area contributed by atoms with Gasteiger partial charge < -0.3 is 15.1 Å². The van der Waals surface area contributed by atoms with Gasteiger partial charge in [-0.25, -0.2) is 4.39 Å². The lowest BCUT2D eigenvalue weighted by atomic mass is 9.90. The van der Waals surface area contributed by atoms with Crippen LogP contribution in [0.1, 0.15) is 44.3 Å². The van der Waals surface area contributed by atoms with Gasteiger partial charge in [0, 0.05) is 30.4 Å². The van der Waals surface area contributed by atoms with Crippen LogP contribution in [0.3, 0.4) is 0 Å². The predicted molar refractivity (Wildman–Crippen MR) is 73.7 cm³/mol. The highest BCUT2D eigenvalue weighted by Crippen LogP contribution is 2.35. The Bertz CT molecular complexity index is 419. The molecule has 0 saturated heterocycles. The molecule has 2 N–H and O–H groups in total. The molecule has 0 aromatic heterocycles. The first kappa shape index (κ1) is 14.3. The molecule has 0 spiro atoms. The number of rotatable bonds is 6. The minimum atomic E-state index is -0.826. The summed E-state index contributed by atoms with van der Waals surface area (Å²) in [6, 6.07) is 5.34. The number of aliphatic hydroxyl groups excluding tert-OH is 2. The molecular formula is C15H22FNO2. The summed E-state index contributed by atoms with van der Waals surface area (Å²) >= 11 is 0. The molecule has 4 heteroatoms. The summed E-state index contributed by atoms with van der Waals surface area (Å²) in [5.74, 6) is -0.360. The molecule has 1 atom stereocenters. The smallest absolute Gasteiger partial charge is 0.131 e. The number of nitrogens with zero attached hydrogens (tertiary/aromatic N) is 1. The van der Waals surface area contributed by atoms with E-state index in [1.807, 2.05) is 6.07 Å². The first-order chi connectivity index (χ1) is 9.15. The highest BCUT2D eigenvalue weighted by molar-refractivity contribution is 5.56. The van der Waals surface area contributed by atoms with Gasteiger partial charge in [-0.15, -0.1) is 0 Å². The summed E-state index contributed by atoms with van der Waals surface area (Å²) < 4.78 is 13.9. The van der Waals surface area contributed by atoms with Gasteiger partial charge in [0.25, 0.3) is 0 Å². The van der Waals surface area contributed by atoms with E-state index in [0.29, 0.717) is 24.6 Å². The monoisotopic (exact) mass is 267 g/mol. The fourth-order valence-corrected chi connectivity index (χ4v) is 2.63. The standard InChI is InChI=1S/C15H22FNO2/c1-11(19)15-13(16)7-3-8-14(15)17(9-4-10-18)12-5-2-6-12/h3,7-8,11-12,18-19H,2,4-6,9-10H2,1H3. The summed E-state index contributed by atoms with van der Waals surface area (Å²) in [7, 11) is 0. The van der Waals surface area contributed by atoms with E-state index in [0.717, 1.165) is 18.5 Å². The van der Waals surface area contributed by atoms with Gasteiger partial charge in [0.1, 0.15) is 5.82 Å². The van der Waals surface area contributed by atoms with E-state index in [4.69, 9.17) is 5.11 Å². The molecule has 0 aliphatic heterocycles. The van der Waals surface area contributed by atoms with Crippen LogP contribution in [0.15, 0.2) is 18.2 Å². The summed E-state index contributed by atoms with van der Waals surface area (Å²) in [5, 5.41) is 18.8. The van der Waals surface area contributed by atoms with Gasteiger partial charge in [-0.2, -0.15) is 0 Å². The molecule has 1 fully saturated rings. The minimum Gasteiger partial charge on any atom is -0.396 e. The Balaban J connectivity index is 2.31. The van der Waals surface area contributed by atoms with Crippen molar-refractivity contribution in [3.8, 4) is 0 Å². The van der Waals surface area contributed by atoms with Gasteiger partial charge in [-0.3, -0.25) is 0 Å². The van der Waals surface area contributed by atoms with Crippen molar-refractivity contribution in [3.05, 3.63) is 29.6 Å². The molecule has 106 valence electrons. The van der Waals surface area contributed by atoms with E-state index in [1.165, 1.54) is 12.5 Å². The van der Waals surface area contributed by atoms with Crippen molar-refractivity contribution >= 4 is 5.69 Å². The van der Waals surface area contributed by atoms with E-state index >= 15 is 0 Å². The average molecular weight is 267 g/mol. The second-order valence-electron chi connectivity index (χ2n) is 5.20. The Kier molecular flexibility index (Phi) is 4.77. The fourth-order valence-electron chi connectivity index (χ4n) is 2.63. The third-order valence-corrected chi connectivity index (χ3v) is 3.83. The van der Waals surface area contributed by atoms with E-state index in [2.05, 4.69) is 4.90 Å². The van der Waals surface area contributed by atoms with Crippen LogP contribution in [0.4, 0.5) is 10.1 Å². The van der Waals surface area contributed by atoms with Crippen molar-refractivity contribution in [2.24, 2.45) is 0 Å². The SMILES string of the molecule is CC(O)c1c(F)cccc1N(CCCO)C1CCC1. The van der Waals surface area contributed by atoms with Gasteiger partial charge in [0.05, 0.1) is 6.10 Å². The normalized spacial score (nSPS) is 17.1. The molecule has 0 radical (unpaired) electrons. The Morgan fingerprint density at radius 1 is 1.42 bits per heavy atom. The fraction of sp³-hybridized carbons (Fsp3) is 0.600. The predicted octanol–water partition coefficient (Wildman–Crippen LogP) is 2.62. The molecule has 2 rings (SSSR count). The van der Waals surface area contributed by atoms with E-state index in [-0.39, 0.29) is 12.4 Å². The number of anilines is 1. The maximum absolute atomic E-state index is 13.9. The third-order valence-electron chi connectivity index (χ3n) is 3.83. The zero-order chi connectivity index (χ0) is 13.8. The van der Waals surface area contributed by atoms with Crippen molar-refractivity contribution < 1.29 is 14.6 Å². The lowest BCUT2D eigenvalue weighted by molar-refractivity contribution is 0.194. The van der Waals surface area contributed by atoms with Crippen LogP contribution in [0.5, 0.6) is 0 Å². The van der Waals surface area contributed by atoms with Crippen LogP contribution < -0.4 is 4.90 Å². The van der Waals surface area contributed by atoms with Crippen molar-refractivity contribution in [2.45, 2.75) is 44.8 Å². The second kappa shape index (κ2) is 6.35. The highest BCUT2D eigenvalue weighted by atomic mass is 19.1. The van der Waals surface area contributed by atoms with E-state index < -0.39 is 6.10 Å². The largest absolute Gasteiger partial charge is 0.396 e. The van der Waals surface area contributed by atoms with Crippen LogP contribution in [0, 0.1) is 5.82 Å². The van der Waals surface area contributed by atoms with Gasteiger partial charge in [-0.05, 0) is 44.7 Å². The number of hydrogen-bond acceptors (Lipinski definition) is 3. The molecule has 1 aromatic carbocycles. The molecule has 19 heavy (non-hydrogen) atoms. The third kappa shape index (κ3) is 3.07. The van der Waals surface area contributed by atoms with Crippen LogP contribution in [0.25, 0.3) is 0 Å². The molecule has 1 saturated carbocycles. The van der Waals surface area contributed by atoms with E-state index in [9.17, 15) is 9.50 Å². The van der Waals surface area contributed by atoms with Crippen molar-refractivity contribution in [2.75, 3.05) is 18.1 Å². The quantitative estimate of drug-likeness (QED) is 0.832. The summed E-state index contributed by atoms with van der Waals surface area (Å²) in [5.41, 5.74) is 1.14. The molecule has 0 amide bonds. The van der Waals surface area contributed by atoms with Crippen LogP contribution in [0.2, 0.25) is 0 Å². The molecule has 3 nitrogen and oxygen atoms in total. The van der Waals surface area contributed by atoms with Gasteiger partial charge in [-0.1, -0.05) is 6.07 Å². The molecule has 0 bridgehead atoms. The maximum atomic E-state index is 13.9. The Hall–Kier alpha value is -1.13. The number of aliphatic hydroxyl groups is 2. The lowest BCUT2D eigenvalue weighted by Crippen LogP contribution is -2.41. The zero-order valence-corrected chi connectivity index (χ0v) is 11.3. The van der Waals surface area contributed by atoms with Crippen LogP contribution >= 0.6 is 0 Å². The number of benzene rings is 1. The Morgan fingerprint density at radius 3 is 2.68 bits per heavy atom. The van der Waals surface area contributed by atoms with Gasteiger partial charge in [0.15, 0.2) is 0 Å².